The highest BCUT2D eigenvalue weighted by molar-refractivity contribution is 7.99. The fourth-order valence-corrected chi connectivity index (χ4v) is 3.10. The van der Waals surface area contributed by atoms with Crippen LogP contribution < -0.4 is 10.1 Å². The topological polar surface area (TPSA) is 38.3 Å². The van der Waals surface area contributed by atoms with Gasteiger partial charge in [-0.05, 0) is 49.6 Å². The first kappa shape index (κ1) is 19.3. The normalized spacial score (nSPS) is 10.5. The molecular formula is C20H24FNO2S. The molecule has 1 N–H and O–H groups in total. The third-order valence-electron chi connectivity index (χ3n) is 3.56. The SMILES string of the molecule is Cc1cccc(CSCC(=O)NCCCCOc2ccc(F)cc2)c1. The lowest BCUT2D eigenvalue weighted by molar-refractivity contribution is -0.118. The fraction of sp³-hybridized carbons (Fsp3) is 0.350. The number of thioether (sulfide) groups is 1. The van der Waals surface area contributed by atoms with Crippen molar-refractivity contribution in [1.82, 2.24) is 5.32 Å². The van der Waals surface area contributed by atoms with Crippen LogP contribution in [0.25, 0.3) is 0 Å². The lowest BCUT2D eigenvalue weighted by Gasteiger charge is -2.07. The maximum absolute atomic E-state index is 12.8. The van der Waals surface area contributed by atoms with Crippen molar-refractivity contribution in [1.29, 1.82) is 0 Å². The van der Waals surface area contributed by atoms with Gasteiger partial charge in [-0.25, -0.2) is 4.39 Å². The summed E-state index contributed by atoms with van der Waals surface area (Å²) >= 11 is 1.62. The molecule has 0 unspecified atom stereocenters. The summed E-state index contributed by atoms with van der Waals surface area (Å²) in [6.07, 6.45) is 1.70. The minimum Gasteiger partial charge on any atom is -0.494 e. The second-order valence-corrected chi connectivity index (χ2v) is 6.83. The zero-order chi connectivity index (χ0) is 17.9. The molecule has 1 amide bonds. The molecule has 0 saturated carbocycles. The first-order valence-corrected chi connectivity index (χ1v) is 9.57. The van der Waals surface area contributed by atoms with Crippen LogP contribution in [0.15, 0.2) is 48.5 Å². The quantitative estimate of drug-likeness (QED) is 0.640. The number of hydrogen-bond donors (Lipinski definition) is 1. The lowest BCUT2D eigenvalue weighted by atomic mass is 10.2. The average Bonchev–Trinajstić information content (AvgIpc) is 2.59. The van der Waals surface area contributed by atoms with E-state index in [2.05, 4.69) is 30.4 Å². The first-order chi connectivity index (χ1) is 12.1. The molecule has 3 nitrogen and oxygen atoms in total. The number of unbranched alkanes of at least 4 members (excludes halogenated alkanes) is 1. The van der Waals surface area contributed by atoms with Crippen LogP contribution in [0.5, 0.6) is 5.75 Å². The van der Waals surface area contributed by atoms with Crippen molar-refractivity contribution in [3.8, 4) is 5.75 Å². The molecule has 0 bridgehead atoms. The van der Waals surface area contributed by atoms with Gasteiger partial charge in [-0.2, -0.15) is 0 Å². The van der Waals surface area contributed by atoms with E-state index in [1.165, 1.54) is 23.3 Å². The Labute approximate surface area is 153 Å². The first-order valence-electron chi connectivity index (χ1n) is 8.42. The molecule has 2 aromatic rings. The van der Waals surface area contributed by atoms with Gasteiger partial charge in [0.15, 0.2) is 0 Å². The number of carbonyl (C=O) groups is 1. The van der Waals surface area contributed by atoms with Crippen LogP contribution in [0.2, 0.25) is 0 Å². The van der Waals surface area contributed by atoms with Crippen molar-refractivity contribution >= 4 is 17.7 Å². The number of hydrogen-bond acceptors (Lipinski definition) is 3. The minimum atomic E-state index is -0.268. The van der Waals surface area contributed by atoms with E-state index < -0.39 is 0 Å². The molecule has 25 heavy (non-hydrogen) atoms. The van der Waals surface area contributed by atoms with Crippen molar-refractivity contribution in [2.75, 3.05) is 18.9 Å². The molecule has 0 saturated heterocycles. The summed E-state index contributed by atoms with van der Waals surface area (Å²) in [5.74, 6) is 1.78. The Bertz CT molecular complexity index is 661. The molecule has 0 atom stereocenters. The molecule has 0 spiro atoms. The van der Waals surface area contributed by atoms with Gasteiger partial charge in [0.2, 0.25) is 5.91 Å². The summed E-state index contributed by atoms with van der Waals surface area (Å²) in [4.78, 5) is 11.8. The second-order valence-electron chi connectivity index (χ2n) is 5.84. The third-order valence-corrected chi connectivity index (χ3v) is 4.56. The molecule has 5 heteroatoms. The molecule has 0 aliphatic rings. The molecule has 134 valence electrons. The Morgan fingerprint density at radius 1 is 1.16 bits per heavy atom. The van der Waals surface area contributed by atoms with Crippen LogP contribution in [0.1, 0.15) is 24.0 Å². The van der Waals surface area contributed by atoms with Gasteiger partial charge >= 0.3 is 0 Å². The Hall–Kier alpha value is -2.01. The van der Waals surface area contributed by atoms with Crippen LogP contribution in [0.3, 0.4) is 0 Å². The number of ether oxygens (including phenoxy) is 1. The number of nitrogens with one attached hydrogen (secondary N) is 1. The van der Waals surface area contributed by atoms with Crippen molar-refractivity contribution < 1.29 is 13.9 Å². The number of carbonyl (C=O) groups excluding carboxylic acids is 1. The molecule has 0 aliphatic heterocycles. The van der Waals surface area contributed by atoms with Crippen molar-refractivity contribution in [2.24, 2.45) is 0 Å². The Balaban J connectivity index is 1.48. The van der Waals surface area contributed by atoms with Gasteiger partial charge in [-0.15, -0.1) is 11.8 Å². The highest BCUT2D eigenvalue weighted by Gasteiger charge is 2.02. The fourth-order valence-electron chi connectivity index (χ4n) is 2.29. The van der Waals surface area contributed by atoms with E-state index in [-0.39, 0.29) is 11.7 Å². The summed E-state index contributed by atoms with van der Waals surface area (Å²) in [6.45, 7) is 3.28. The van der Waals surface area contributed by atoms with Gasteiger partial charge in [0.1, 0.15) is 11.6 Å². The largest absolute Gasteiger partial charge is 0.494 e. The van der Waals surface area contributed by atoms with Crippen LogP contribution in [0.4, 0.5) is 4.39 Å². The van der Waals surface area contributed by atoms with Gasteiger partial charge in [0.25, 0.3) is 0 Å². The Morgan fingerprint density at radius 3 is 2.72 bits per heavy atom. The molecule has 0 aromatic heterocycles. The summed E-state index contributed by atoms with van der Waals surface area (Å²) in [5, 5.41) is 2.92. The Morgan fingerprint density at radius 2 is 1.96 bits per heavy atom. The maximum Gasteiger partial charge on any atom is 0.230 e. The van der Waals surface area contributed by atoms with Crippen molar-refractivity contribution in [3.63, 3.8) is 0 Å². The summed E-state index contributed by atoms with van der Waals surface area (Å²) in [7, 11) is 0. The minimum absolute atomic E-state index is 0.0668. The molecule has 0 radical (unpaired) electrons. The van der Waals surface area contributed by atoms with E-state index >= 15 is 0 Å². The van der Waals surface area contributed by atoms with E-state index in [0.717, 1.165) is 18.6 Å². The second kappa shape index (κ2) is 10.8. The van der Waals surface area contributed by atoms with E-state index in [0.29, 0.717) is 24.7 Å². The molecular weight excluding hydrogens is 337 g/mol. The number of halogens is 1. The smallest absolute Gasteiger partial charge is 0.230 e. The third kappa shape index (κ3) is 8.07. The zero-order valence-electron chi connectivity index (χ0n) is 14.5. The van der Waals surface area contributed by atoms with Crippen molar-refractivity contribution in [3.05, 3.63) is 65.5 Å². The number of benzene rings is 2. The Kier molecular flexibility index (Phi) is 8.32. The summed E-state index contributed by atoms with van der Waals surface area (Å²) in [5.41, 5.74) is 2.49. The molecule has 0 fully saturated rings. The lowest BCUT2D eigenvalue weighted by Crippen LogP contribution is -2.26. The van der Waals surface area contributed by atoms with Crippen LogP contribution >= 0.6 is 11.8 Å². The molecule has 2 aromatic carbocycles. The van der Waals surface area contributed by atoms with Crippen LogP contribution in [-0.2, 0) is 10.5 Å². The predicted octanol–water partition coefficient (Wildman–Crippen LogP) is 4.34. The van der Waals surface area contributed by atoms with Crippen LogP contribution in [0, 0.1) is 12.7 Å². The molecule has 0 aliphatic carbocycles. The van der Waals surface area contributed by atoms with Gasteiger partial charge in [-0.3, -0.25) is 4.79 Å². The van der Waals surface area contributed by atoms with E-state index in [1.807, 2.05) is 6.07 Å². The van der Waals surface area contributed by atoms with Gasteiger partial charge in [0.05, 0.1) is 12.4 Å². The zero-order valence-corrected chi connectivity index (χ0v) is 15.3. The monoisotopic (exact) mass is 361 g/mol. The predicted molar refractivity (Wildman–Crippen MR) is 101 cm³/mol. The highest BCUT2D eigenvalue weighted by Crippen LogP contribution is 2.13. The average molecular weight is 361 g/mol. The number of rotatable bonds is 10. The molecule has 0 heterocycles. The maximum atomic E-state index is 12.8. The van der Waals surface area contributed by atoms with E-state index in [1.54, 1.807) is 23.9 Å². The standard InChI is InChI=1S/C20H24FNO2S/c1-16-5-4-6-17(13-16)14-25-15-20(23)22-11-2-3-12-24-19-9-7-18(21)8-10-19/h4-10,13H,2-3,11-12,14-15H2,1H3,(H,22,23). The molecule has 2 rings (SSSR count). The summed E-state index contributed by atoms with van der Waals surface area (Å²) < 4.78 is 18.3. The van der Waals surface area contributed by atoms with Gasteiger partial charge < -0.3 is 10.1 Å². The van der Waals surface area contributed by atoms with E-state index in [4.69, 9.17) is 4.74 Å². The summed E-state index contributed by atoms with van der Waals surface area (Å²) in [6, 6.07) is 14.3. The van der Waals surface area contributed by atoms with Crippen LogP contribution in [-0.4, -0.2) is 24.8 Å². The van der Waals surface area contributed by atoms with Gasteiger partial charge in [0, 0.05) is 12.3 Å². The highest BCUT2D eigenvalue weighted by atomic mass is 32.2. The van der Waals surface area contributed by atoms with E-state index in [9.17, 15) is 9.18 Å². The number of amides is 1. The van der Waals surface area contributed by atoms with Gasteiger partial charge in [-0.1, -0.05) is 29.8 Å². The van der Waals surface area contributed by atoms with Crippen molar-refractivity contribution in [2.45, 2.75) is 25.5 Å². The number of aryl methyl sites for hydroxylation is 1.